The van der Waals surface area contributed by atoms with Crippen LogP contribution in [0.2, 0.25) is 0 Å². The van der Waals surface area contributed by atoms with Crippen molar-refractivity contribution in [2.75, 3.05) is 11.9 Å². The molecular weight excluding hydrogens is 354 g/mol. The van der Waals surface area contributed by atoms with Crippen LogP contribution in [0.3, 0.4) is 0 Å². The van der Waals surface area contributed by atoms with E-state index < -0.39 is 0 Å². The first-order chi connectivity index (χ1) is 13.8. The molecule has 0 aliphatic rings. The SMILES string of the molecule is N#CCCCOc1cccnc1NC(=O)c1ccc(Oc2ccccc2)cc1. The average Bonchev–Trinajstić information content (AvgIpc) is 2.73. The van der Waals surface area contributed by atoms with Crippen molar-refractivity contribution < 1.29 is 14.3 Å². The summed E-state index contributed by atoms with van der Waals surface area (Å²) in [5.74, 6) is 1.88. The Labute approximate surface area is 163 Å². The van der Waals surface area contributed by atoms with Gasteiger partial charge in [0.2, 0.25) is 0 Å². The second kappa shape index (κ2) is 9.74. The molecule has 0 aliphatic carbocycles. The van der Waals surface area contributed by atoms with Crippen molar-refractivity contribution in [1.82, 2.24) is 4.98 Å². The molecule has 0 radical (unpaired) electrons. The third-order valence-corrected chi connectivity index (χ3v) is 3.79. The summed E-state index contributed by atoms with van der Waals surface area (Å²) in [6.07, 6.45) is 2.61. The predicted molar refractivity (Wildman–Crippen MR) is 105 cm³/mol. The molecule has 1 amide bonds. The van der Waals surface area contributed by atoms with Crippen LogP contribution in [0, 0.1) is 11.3 Å². The number of nitriles is 1. The van der Waals surface area contributed by atoms with Crippen molar-refractivity contribution in [3.05, 3.63) is 78.5 Å². The molecule has 0 atom stereocenters. The number of pyridine rings is 1. The number of hydrogen-bond donors (Lipinski definition) is 1. The maximum atomic E-state index is 12.5. The molecule has 0 fully saturated rings. The van der Waals surface area contributed by atoms with E-state index in [9.17, 15) is 4.79 Å². The summed E-state index contributed by atoms with van der Waals surface area (Å²) < 4.78 is 11.3. The number of nitrogens with zero attached hydrogens (tertiary/aromatic N) is 2. The second-order valence-electron chi connectivity index (χ2n) is 5.85. The van der Waals surface area contributed by atoms with E-state index in [4.69, 9.17) is 14.7 Å². The zero-order valence-electron chi connectivity index (χ0n) is 15.2. The van der Waals surface area contributed by atoms with Crippen molar-refractivity contribution in [2.45, 2.75) is 12.8 Å². The first-order valence-corrected chi connectivity index (χ1v) is 8.85. The molecule has 6 heteroatoms. The molecule has 0 saturated heterocycles. The number of anilines is 1. The predicted octanol–water partition coefficient (Wildman–Crippen LogP) is 4.81. The Bertz CT molecular complexity index is 951. The Morgan fingerprint density at radius 1 is 1.00 bits per heavy atom. The lowest BCUT2D eigenvalue weighted by Gasteiger charge is -2.11. The van der Waals surface area contributed by atoms with Crippen LogP contribution in [0.4, 0.5) is 5.82 Å². The number of unbranched alkanes of at least 4 members (excludes halogenated alkanes) is 1. The Morgan fingerprint density at radius 3 is 2.50 bits per heavy atom. The number of carbonyl (C=O) groups is 1. The van der Waals surface area contributed by atoms with Crippen molar-refractivity contribution in [3.63, 3.8) is 0 Å². The van der Waals surface area contributed by atoms with E-state index in [0.29, 0.717) is 42.3 Å². The molecule has 0 spiro atoms. The lowest BCUT2D eigenvalue weighted by molar-refractivity contribution is 0.102. The summed E-state index contributed by atoms with van der Waals surface area (Å²) in [7, 11) is 0. The molecule has 0 saturated carbocycles. The van der Waals surface area contributed by atoms with Crippen LogP contribution in [0.15, 0.2) is 72.9 Å². The highest BCUT2D eigenvalue weighted by atomic mass is 16.5. The van der Waals surface area contributed by atoms with E-state index in [1.54, 1.807) is 42.6 Å². The Morgan fingerprint density at radius 2 is 1.75 bits per heavy atom. The average molecular weight is 373 g/mol. The summed E-state index contributed by atoms with van der Waals surface area (Å²) in [5, 5.41) is 11.3. The van der Waals surface area contributed by atoms with E-state index >= 15 is 0 Å². The number of carbonyl (C=O) groups excluding carboxylic acids is 1. The molecule has 1 heterocycles. The van der Waals surface area contributed by atoms with Crippen LogP contribution < -0.4 is 14.8 Å². The Balaban J connectivity index is 1.62. The standard InChI is InChI=1S/C22H19N3O3/c23-14-4-5-16-27-20-9-6-15-24-21(20)25-22(26)17-10-12-19(13-11-17)28-18-7-2-1-3-8-18/h1-3,6-13,15H,4-5,16H2,(H,24,25,26). The van der Waals surface area contributed by atoms with Crippen LogP contribution in [0.5, 0.6) is 17.2 Å². The number of ether oxygens (including phenoxy) is 2. The molecular formula is C22H19N3O3. The van der Waals surface area contributed by atoms with E-state index in [0.717, 1.165) is 5.75 Å². The van der Waals surface area contributed by atoms with Crippen molar-refractivity contribution >= 4 is 11.7 Å². The summed E-state index contributed by atoms with van der Waals surface area (Å²) in [5.41, 5.74) is 0.474. The number of hydrogen-bond acceptors (Lipinski definition) is 5. The quantitative estimate of drug-likeness (QED) is 0.573. The highest BCUT2D eigenvalue weighted by Crippen LogP contribution is 2.24. The lowest BCUT2D eigenvalue weighted by atomic mass is 10.2. The van der Waals surface area contributed by atoms with Gasteiger partial charge in [-0.25, -0.2) is 4.98 Å². The van der Waals surface area contributed by atoms with E-state index in [1.807, 2.05) is 30.3 Å². The second-order valence-corrected chi connectivity index (χ2v) is 5.85. The number of amides is 1. The highest BCUT2D eigenvalue weighted by Gasteiger charge is 2.11. The minimum atomic E-state index is -0.299. The molecule has 1 aromatic heterocycles. The van der Waals surface area contributed by atoms with E-state index in [-0.39, 0.29) is 5.91 Å². The minimum absolute atomic E-state index is 0.299. The van der Waals surface area contributed by atoms with Gasteiger partial charge in [-0.3, -0.25) is 4.79 Å². The van der Waals surface area contributed by atoms with Gasteiger partial charge >= 0.3 is 0 Å². The van der Waals surface area contributed by atoms with Crippen LogP contribution in [-0.4, -0.2) is 17.5 Å². The molecule has 0 unspecified atom stereocenters. The fourth-order valence-corrected chi connectivity index (χ4v) is 2.41. The fourth-order valence-electron chi connectivity index (χ4n) is 2.41. The van der Waals surface area contributed by atoms with Gasteiger partial charge in [0.05, 0.1) is 12.7 Å². The van der Waals surface area contributed by atoms with Crippen molar-refractivity contribution in [3.8, 4) is 23.3 Å². The fraction of sp³-hybridized carbons (Fsp3) is 0.136. The third kappa shape index (κ3) is 5.32. The lowest BCUT2D eigenvalue weighted by Crippen LogP contribution is -2.14. The van der Waals surface area contributed by atoms with Gasteiger partial charge in [0.15, 0.2) is 11.6 Å². The van der Waals surface area contributed by atoms with Gasteiger partial charge in [-0.15, -0.1) is 0 Å². The molecule has 0 aliphatic heterocycles. The summed E-state index contributed by atoms with van der Waals surface area (Å²) in [6, 6.07) is 21.8. The van der Waals surface area contributed by atoms with Crippen molar-refractivity contribution in [1.29, 1.82) is 5.26 Å². The van der Waals surface area contributed by atoms with Crippen LogP contribution >= 0.6 is 0 Å². The maximum Gasteiger partial charge on any atom is 0.256 e. The van der Waals surface area contributed by atoms with Gasteiger partial charge in [0.1, 0.15) is 11.5 Å². The topological polar surface area (TPSA) is 84.2 Å². The molecule has 3 rings (SSSR count). The largest absolute Gasteiger partial charge is 0.490 e. The number of para-hydroxylation sites is 1. The van der Waals surface area contributed by atoms with Gasteiger partial charge < -0.3 is 14.8 Å². The Hall–Kier alpha value is -3.85. The Kier molecular flexibility index (Phi) is 6.58. The van der Waals surface area contributed by atoms with Crippen molar-refractivity contribution in [2.24, 2.45) is 0 Å². The molecule has 1 N–H and O–H groups in total. The van der Waals surface area contributed by atoms with Gasteiger partial charge in [0, 0.05) is 18.2 Å². The number of nitrogens with one attached hydrogen (secondary N) is 1. The summed E-state index contributed by atoms with van der Waals surface area (Å²) in [4.78, 5) is 16.7. The van der Waals surface area contributed by atoms with Gasteiger partial charge in [0.25, 0.3) is 5.91 Å². The summed E-state index contributed by atoms with van der Waals surface area (Å²) in [6.45, 7) is 0.383. The molecule has 3 aromatic rings. The van der Waals surface area contributed by atoms with Gasteiger partial charge in [-0.2, -0.15) is 5.26 Å². The van der Waals surface area contributed by atoms with E-state index in [2.05, 4.69) is 16.4 Å². The van der Waals surface area contributed by atoms with E-state index in [1.165, 1.54) is 0 Å². The third-order valence-electron chi connectivity index (χ3n) is 3.79. The molecule has 2 aromatic carbocycles. The van der Waals surface area contributed by atoms with Crippen LogP contribution in [-0.2, 0) is 0 Å². The van der Waals surface area contributed by atoms with Gasteiger partial charge in [-0.1, -0.05) is 18.2 Å². The first-order valence-electron chi connectivity index (χ1n) is 8.85. The number of aromatic nitrogens is 1. The molecule has 6 nitrogen and oxygen atoms in total. The minimum Gasteiger partial charge on any atom is -0.490 e. The molecule has 140 valence electrons. The highest BCUT2D eigenvalue weighted by molar-refractivity contribution is 6.04. The van der Waals surface area contributed by atoms with Crippen LogP contribution in [0.1, 0.15) is 23.2 Å². The number of benzene rings is 2. The molecule has 28 heavy (non-hydrogen) atoms. The maximum absolute atomic E-state index is 12.5. The van der Waals surface area contributed by atoms with Gasteiger partial charge in [-0.05, 0) is 55.0 Å². The monoisotopic (exact) mass is 373 g/mol. The number of rotatable bonds is 8. The zero-order chi connectivity index (χ0) is 19.6. The zero-order valence-corrected chi connectivity index (χ0v) is 15.2. The molecule has 0 bridgehead atoms. The smallest absolute Gasteiger partial charge is 0.256 e. The first kappa shape index (κ1) is 18.9. The van der Waals surface area contributed by atoms with Crippen LogP contribution in [0.25, 0.3) is 0 Å². The normalized spacial score (nSPS) is 9.96. The summed E-state index contributed by atoms with van der Waals surface area (Å²) >= 11 is 0.